The van der Waals surface area contributed by atoms with Gasteiger partial charge in [0.05, 0.1) is 17.0 Å². The normalized spacial score (nSPS) is 11.4. The predicted octanol–water partition coefficient (Wildman–Crippen LogP) is 2.16. The molecule has 1 atom stereocenters. The molecule has 1 aromatic heterocycles. The summed E-state index contributed by atoms with van der Waals surface area (Å²) in [6.07, 6.45) is 1.51. The summed E-state index contributed by atoms with van der Waals surface area (Å²) in [6, 6.07) is 11.2. The maximum atomic E-state index is 12.9. The molecule has 1 heterocycles. The molecule has 6 N–H and O–H groups in total. The Kier molecular flexibility index (Phi) is 8.98. The number of aromatic hydroxyl groups is 2. The lowest BCUT2D eigenvalue weighted by Crippen LogP contribution is -2.48. The molecule has 0 spiro atoms. The van der Waals surface area contributed by atoms with E-state index in [4.69, 9.17) is 0 Å². The van der Waals surface area contributed by atoms with Crippen molar-refractivity contribution < 1.29 is 29.7 Å². The molecule has 2 aromatic carbocycles. The van der Waals surface area contributed by atoms with E-state index in [0.29, 0.717) is 23.9 Å². The summed E-state index contributed by atoms with van der Waals surface area (Å²) in [7, 11) is 0. The molecule has 11 heteroatoms. The lowest BCUT2D eigenvalue weighted by atomic mass is 10.1. The van der Waals surface area contributed by atoms with Crippen LogP contribution in [0.25, 0.3) is 0 Å². The molecular formula is C26H29N5O6. The highest BCUT2D eigenvalue weighted by Gasteiger charge is 2.24. The van der Waals surface area contributed by atoms with Gasteiger partial charge < -0.3 is 31.3 Å². The Morgan fingerprint density at radius 2 is 1.57 bits per heavy atom. The number of aromatic nitrogens is 2. The zero-order valence-corrected chi connectivity index (χ0v) is 20.5. The van der Waals surface area contributed by atoms with Gasteiger partial charge in [-0.25, -0.2) is 14.8 Å². The minimum absolute atomic E-state index is 0.101. The molecule has 0 saturated heterocycles. The monoisotopic (exact) mass is 507 g/mol. The van der Waals surface area contributed by atoms with E-state index in [1.54, 1.807) is 32.0 Å². The third kappa shape index (κ3) is 7.66. The molecule has 0 saturated carbocycles. The summed E-state index contributed by atoms with van der Waals surface area (Å²) in [5.41, 5.74) is 2.05. The highest BCUT2D eigenvalue weighted by atomic mass is 16.4. The number of nitrogens with one attached hydrogen (secondary N) is 3. The van der Waals surface area contributed by atoms with Crippen molar-refractivity contribution in [2.45, 2.75) is 32.7 Å². The second-order valence-electron chi connectivity index (χ2n) is 8.42. The van der Waals surface area contributed by atoms with Crippen molar-refractivity contribution in [3.05, 3.63) is 76.6 Å². The molecule has 194 valence electrons. The van der Waals surface area contributed by atoms with Gasteiger partial charge in [0.15, 0.2) is 0 Å². The fourth-order valence-electron chi connectivity index (χ4n) is 3.70. The number of phenolic OH excluding ortho intramolecular Hbond substituents is 2. The van der Waals surface area contributed by atoms with Gasteiger partial charge in [0, 0.05) is 18.7 Å². The highest BCUT2D eigenvalue weighted by Crippen LogP contribution is 2.15. The SMILES string of the molecule is Cc1nc(NCCCc2cccc(O)c2)nc(C)c1C(=O)N[C@@H](CNC(=O)c1cccc(O)c1)C(=O)O. The van der Waals surface area contributed by atoms with Crippen LogP contribution in [-0.2, 0) is 11.2 Å². The van der Waals surface area contributed by atoms with Gasteiger partial charge in [-0.15, -0.1) is 0 Å². The summed E-state index contributed by atoms with van der Waals surface area (Å²) >= 11 is 0. The van der Waals surface area contributed by atoms with E-state index in [9.17, 15) is 29.7 Å². The van der Waals surface area contributed by atoms with E-state index in [-0.39, 0.29) is 29.2 Å². The number of aliphatic carboxylic acids is 1. The van der Waals surface area contributed by atoms with Crippen LogP contribution in [-0.4, -0.2) is 62.2 Å². The average Bonchev–Trinajstić information content (AvgIpc) is 2.83. The molecule has 0 unspecified atom stereocenters. The minimum Gasteiger partial charge on any atom is -0.508 e. The van der Waals surface area contributed by atoms with Crippen LogP contribution in [0.2, 0.25) is 0 Å². The van der Waals surface area contributed by atoms with Crippen molar-refractivity contribution in [2.24, 2.45) is 0 Å². The summed E-state index contributed by atoms with van der Waals surface area (Å²) in [6.45, 7) is 3.45. The average molecular weight is 508 g/mol. The third-order valence-corrected chi connectivity index (χ3v) is 5.51. The van der Waals surface area contributed by atoms with Gasteiger partial charge in [-0.3, -0.25) is 9.59 Å². The van der Waals surface area contributed by atoms with Crippen LogP contribution in [0, 0.1) is 13.8 Å². The molecule has 0 aliphatic heterocycles. The first kappa shape index (κ1) is 26.9. The van der Waals surface area contributed by atoms with E-state index >= 15 is 0 Å². The number of amides is 2. The summed E-state index contributed by atoms with van der Waals surface area (Å²) in [5.74, 6) is -2.13. The molecule has 0 radical (unpaired) electrons. The van der Waals surface area contributed by atoms with Crippen LogP contribution in [0.4, 0.5) is 5.95 Å². The van der Waals surface area contributed by atoms with E-state index < -0.39 is 23.8 Å². The fourth-order valence-corrected chi connectivity index (χ4v) is 3.70. The Morgan fingerprint density at radius 1 is 0.919 bits per heavy atom. The lowest BCUT2D eigenvalue weighted by Gasteiger charge is -2.17. The van der Waals surface area contributed by atoms with E-state index in [2.05, 4.69) is 25.9 Å². The number of phenols is 2. The Balaban J connectivity index is 1.58. The number of carboxylic acid groups (broad SMARTS) is 1. The molecule has 11 nitrogen and oxygen atoms in total. The standard InChI is InChI=1S/C26H29N5O6/c1-15-22(16(2)30-26(29-15)27-11-5-7-17-6-3-9-19(32)12-17)24(35)31-21(25(36)37)14-28-23(34)18-8-4-10-20(33)13-18/h3-4,6,8-10,12-13,21,32-33H,5,7,11,14H2,1-2H3,(H,28,34)(H,31,35)(H,36,37)(H,27,29,30)/t21-/m0/s1. The molecule has 37 heavy (non-hydrogen) atoms. The topological polar surface area (TPSA) is 174 Å². The highest BCUT2D eigenvalue weighted by molar-refractivity contribution is 5.99. The molecule has 0 aliphatic carbocycles. The van der Waals surface area contributed by atoms with Gasteiger partial charge in [-0.2, -0.15) is 0 Å². The molecule has 0 fully saturated rings. The first-order valence-corrected chi connectivity index (χ1v) is 11.6. The number of carboxylic acids is 1. The second kappa shape index (κ2) is 12.3. The van der Waals surface area contributed by atoms with Gasteiger partial charge in [-0.1, -0.05) is 18.2 Å². The quantitative estimate of drug-likeness (QED) is 0.213. The van der Waals surface area contributed by atoms with Crippen molar-refractivity contribution in [1.29, 1.82) is 0 Å². The number of aryl methyl sites for hydroxylation is 3. The zero-order valence-electron chi connectivity index (χ0n) is 20.5. The summed E-state index contributed by atoms with van der Waals surface area (Å²) < 4.78 is 0. The number of hydrogen-bond donors (Lipinski definition) is 6. The van der Waals surface area contributed by atoms with Crippen molar-refractivity contribution >= 4 is 23.7 Å². The van der Waals surface area contributed by atoms with Crippen LogP contribution in [0.1, 0.15) is 44.1 Å². The van der Waals surface area contributed by atoms with Gasteiger partial charge in [0.1, 0.15) is 17.5 Å². The number of rotatable bonds is 11. The smallest absolute Gasteiger partial charge is 0.328 e. The lowest BCUT2D eigenvalue weighted by molar-refractivity contribution is -0.139. The van der Waals surface area contributed by atoms with Gasteiger partial charge in [-0.05, 0) is 62.6 Å². The Hall–Kier alpha value is -4.67. The first-order valence-electron chi connectivity index (χ1n) is 11.6. The molecule has 2 amide bonds. The van der Waals surface area contributed by atoms with Crippen LogP contribution >= 0.6 is 0 Å². The van der Waals surface area contributed by atoms with Crippen molar-refractivity contribution in [1.82, 2.24) is 20.6 Å². The first-order chi connectivity index (χ1) is 17.6. The third-order valence-electron chi connectivity index (χ3n) is 5.51. The molecule has 3 aromatic rings. The van der Waals surface area contributed by atoms with E-state index in [1.165, 1.54) is 24.3 Å². The number of hydrogen-bond acceptors (Lipinski definition) is 8. The number of nitrogens with zero attached hydrogens (tertiary/aromatic N) is 2. The molecular weight excluding hydrogens is 478 g/mol. The van der Waals surface area contributed by atoms with E-state index in [0.717, 1.165) is 18.4 Å². The van der Waals surface area contributed by atoms with Gasteiger partial charge in [0.25, 0.3) is 11.8 Å². The maximum absolute atomic E-state index is 12.9. The summed E-state index contributed by atoms with van der Waals surface area (Å²) in [5, 5.41) is 36.6. The van der Waals surface area contributed by atoms with Crippen molar-refractivity contribution in [2.75, 3.05) is 18.4 Å². The maximum Gasteiger partial charge on any atom is 0.328 e. The number of carbonyl (C=O) groups is 3. The summed E-state index contributed by atoms with van der Waals surface area (Å²) in [4.78, 5) is 45.5. The number of anilines is 1. The fraction of sp³-hybridized carbons (Fsp3) is 0.269. The van der Waals surface area contributed by atoms with Crippen LogP contribution in [0.5, 0.6) is 11.5 Å². The van der Waals surface area contributed by atoms with Gasteiger partial charge >= 0.3 is 5.97 Å². The largest absolute Gasteiger partial charge is 0.508 e. The number of benzene rings is 2. The van der Waals surface area contributed by atoms with Gasteiger partial charge in [0.2, 0.25) is 5.95 Å². The molecule has 0 bridgehead atoms. The second-order valence-corrected chi connectivity index (χ2v) is 8.42. The zero-order chi connectivity index (χ0) is 26.9. The Bertz CT molecular complexity index is 1270. The molecule has 3 rings (SSSR count). The van der Waals surface area contributed by atoms with Crippen molar-refractivity contribution in [3.63, 3.8) is 0 Å². The van der Waals surface area contributed by atoms with Crippen LogP contribution < -0.4 is 16.0 Å². The van der Waals surface area contributed by atoms with Crippen molar-refractivity contribution in [3.8, 4) is 11.5 Å². The van der Waals surface area contributed by atoms with E-state index in [1.807, 2.05) is 6.07 Å². The van der Waals surface area contributed by atoms with Crippen LogP contribution in [0.3, 0.4) is 0 Å². The predicted molar refractivity (Wildman–Crippen MR) is 136 cm³/mol. The van der Waals surface area contributed by atoms with Crippen LogP contribution in [0.15, 0.2) is 48.5 Å². The Labute approximate surface area is 213 Å². The minimum atomic E-state index is -1.40. The molecule has 0 aliphatic rings. The number of carbonyl (C=O) groups excluding carboxylic acids is 2. The Morgan fingerprint density at radius 3 is 2.19 bits per heavy atom.